The van der Waals surface area contributed by atoms with Gasteiger partial charge in [0.05, 0.1) is 21.8 Å². The first-order chi connectivity index (χ1) is 15.9. The van der Waals surface area contributed by atoms with Gasteiger partial charge in [-0.3, -0.25) is 10.4 Å². The molecule has 0 amide bonds. The maximum absolute atomic E-state index is 14.5. The number of benzene rings is 1. The Morgan fingerprint density at radius 1 is 1.24 bits per heavy atom. The number of anilines is 2. The predicted octanol–water partition coefficient (Wildman–Crippen LogP) is 4.39. The van der Waals surface area contributed by atoms with Gasteiger partial charge in [0.1, 0.15) is 12.6 Å². The number of nitrogens with zero attached hydrogens (tertiary/aromatic N) is 5. The fourth-order valence-electron chi connectivity index (χ4n) is 3.52. The molecule has 3 heterocycles. The summed E-state index contributed by atoms with van der Waals surface area (Å²) in [5.74, 6) is -0.370. The molecule has 0 aliphatic carbocycles. The van der Waals surface area contributed by atoms with E-state index in [1.165, 1.54) is 30.9 Å². The normalized spacial score (nSPS) is 15.3. The van der Waals surface area contributed by atoms with E-state index >= 15 is 0 Å². The zero-order chi connectivity index (χ0) is 23.5. The average molecular weight is 486 g/mol. The minimum Gasteiger partial charge on any atom is -0.486 e. The van der Waals surface area contributed by atoms with E-state index in [-0.39, 0.29) is 35.4 Å². The molecule has 1 unspecified atom stereocenters. The predicted molar refractivity (Wildman–Crippen MR) is 123 cm³/mol. The first kappa shape index (κ1) is 22.7. The third-order valence-electron chi connectivity index (χ3n) is 5.28. The lowest BCUT2D eigenvalue weighted by atomic mass is 10.0. The van der Waals surface area contributed by atoms with Gasteiger partial charge in [0.25, 0.3) is 0 Å². The second-order valence-corrected chi connectivity index (χ2v) is 8.18. The van der Waals surface area contributed by atoms with E-state index in [1.807, 2.05) is 4.90 Å². The summed E-state index contributed by atoms with van der Waals surface area (Å²) in [6.07, 6.45) is 7.45. The number of pyridine rings is 1. The summed E-state index contributed by atoms with van der Waals surface area (Å²) in [7, 11) is 0. The van der Waals surface area contributed by atoms with Gasteiger partial charge >= 0.3 is 0 Å². The largest absolute Gasteiger partial charge is 0.486 e. The van der Waals surface area contributed by atoms with Crippen LogP contribution in [0.3, 0.4) is 0 Å². The molecule has 8 nitrogen and oxygen atoms in total. The molecule has 1 atom stereocenters. The number of nitrogen functional groups attached to an aromatic ring is 1. The second-order valence-electron chi connectivity index (χ2n) is 7.37. The lowest BCUT2D eigenvalue weighted by Gasteiger charge is -2.19. The summed E-state index contributed by atoms with van der Waals surface area (Å²) in [6, 6.07) is 4.42. The maximum atomic E-state index is 14.5. The molecule has 1 saturated heterocycles. The summed E-state index contributed by atoms with van der Waals surface area (Å²) in [5.41, 5.74) is 7.15. The number of hydrogen-bond acceptors (Lipinski definition) is 8. The van der Waals surface area contributed by atoms with Crippen molar-refractivity contribution in [2.75, 3.05) is 17.2 Å². The highest BCUT2D eigenvalue weighted by Crippen LogP contribution is 2.29. The lowest BCUT2D eigenvalue weighted by Crippen LogP contribution is -2.29. The Kier molecular flexibility index (Phi) is 6.58. The van der Waals surface area contributed by atoms with E-state index in [9.17, 15) is 9.65 Å². The van der Waals surface area contributed by atoms with Gasteiger partial charge in [-0.25, -0.2) is 14.4 Å². The van der Waals surface area contributed by atoms with Crippen LogP contribution in [0.5, 0.6) is 5.75 Å². The maximum Gasteiger partial charge on any atom is 0.226 e. The van der Waals surface area contributed by atoms with Crippen molar-refractivity contribution < 1.29 is 9.13 Å². The molecule has 2 aromatic heterocycles. The Morgan fingerprint density at radius 3 is 2.61 bits per heavy atom. The molecule has 11 heteroatoms. The SMILES string of the molecule is N#CC1CCCN1c1ncc(C(=N)c2cc(OCc3c(Cl)cncc3Cl)c(F)cc2N)cn1. The van der Waals surface area contributed by atoms with E-state index in [4.69, 9.17) is 39.1 Å². The van der Waals surface area contributed by atoms with E-state index in [1.54, 1.807) is 0 Å². The van der Waals surface area contributed by atoms with Crippen molar-refractivity contribution in [2.45, 2.75) is 25.5 Å². The molecule has 33 heavy (non-hydrogen) atoms. The zero-order valence-corrected chi connectivity index (χ0v) is 18.7. The molecular weight excluding hydrogens is 468 g/mol. The van der Waals surface area contributed by atoms with Crippen molar-refractivity contribution in [3.8, 4) is 11.8 Å². The molecule has 0 bridgehead atoms. The first-order valence-corrected chi connectivity index (χ1v) is 10.7. The molecule has 4 rings (SSSR count). The summed E-state index contributed by atoms with van der Waals surface area (Å²) < 4.78 is 20.1. The van der Waals surface area contributed by atoms with Gasteiger partial charge in [0.15, 0.2) is 11.6 Å². The van der Waals surface area contributed by atoms with Crippen LogP contribution < -0.4 is 15.4 Å². The van der Waals surface area contributed by atoms with Crippen LogP contribution >= 0.6 is 23.2 Å². The number of nitrogens with one attached hydrogen (secondary N) is 1. The van der Waals surface area contributed by atoms with Gasteiger partial charge in [0, 0.05) is 59.8 Å². The Labute approximate surface area is 199 Å². The van der Waals surface area contributed by atoms with Gasteiger partial charge in [0.2, 0.25) is 5.95 Å². The van der Waals surface area contributed by atoms with Crippen molar-refractivity contribution in [1.82, 2.24) is 15.0 Å². The van der Waals surface area contributed by atoms with Gasteiger partial charge in [-0.2, -0.15) is 5.26 Å². The number of rotatable bonds is 6. The monoisotopic (exact) mass is 485 g/mol. The van der Waals surface area contributed by atoms with Crippen molar-refractivity contribution >= 4 is 40.5 Å². The molecular formula is C22H18Cl2FN7O. The molecule has 168 valence electrons. The van der Waals surface area contributed by atoms with Gasteiger partial charge in [-0.15, -0.1) is 0 Å². The van der Waals surface area contributed by atoms with Crippen molar-refractivity contribution in [1.29, 1.82) is 10.7 Å². The lowest BCUT2D eigenvalue weighted by molar-refractivity contribution is 0.290. The van der Waals surface area contributed by atoms with Gasteiger partial charge in [-0.05, 0) is 18.9 Å². The summed E-state index contributed by atoms with van der Waals surface area (Å²) in [4.78, 5) is 14.3. The van der Waals surface area contributed by atoms with Gasteiger partial charge in [-0.1, -0.05) is 23.2 Å². The number of ether oxygens (including phenoxy) is 1. The van der Waals surface area contributed by atoms with Crippen LogP contribution in [-0.4, -0.2) is 33.3 Å². The highest BCUT2D eigenvalue weighted by molar-refractivity contribution is 6.35. The highest BCUT2D eigenvalue weighted by atomic mass is 35.5. The topological polar surface area (TPSA) is 125 Å². The molecule has 0 spiro atoms. The molecule has 0 radical (unpaired) electrons. The second kappa shape index (κ2) is 9.57. The van der Waals surface area contributed by atoms with Crippen LogP contribution in [0.1, 0.15) is 29.5 Å². The Bertz CT molecular complexity index is 1230. The van der Waals surface area contributed by atoms with Crippen LogP contribution in [0, 0.1) is 22.6 Å². The zero-order valence-electron chi connectivity index (χ0n) is 17.2. The quantitative estimate of drug-likeness (QED) is 0.391. The molecule has 3 aromatic rings. The average Bonchev–Trinajstić information content (AvgIpc) is 3.28. The van der Waals surface area contributed by atoms with E-state index in [0.29, 0.717) is 33.7 Å². The first-order valence-electron chi connectivity index (χ1n) is 9.96. The minimum absolute atomic E-state index is 0.00197. The number of nitriles is 1. The smallest absolute Gasteiger partial charge is 0.226 e. The molecule has 1 aromatic carbocycles. The van der Waals surface area contributed by atoms with Crippen LogP contribution in [0.25, 0.3) is 0 Å². The van der Waals surface area contributed by atoms with E-state index in [0.717, 1.165) is 18.9 Å². The summed E-state index contributed by atoms with van der Waals surface area (Å²) >= 11 is 12.2. The van der Waals surface area contributed by atoms with Gasteiger partial charge < -0.3 is 15.4 Å². The summed E-state index contributed by atoms with van der Waals surface area (Å²) in [6.45, 7) is 0.605. The van der Waals surface area contributed by atoms with Crippen LogP contribution in [0.4, 0.5) is 16.0 Å². The Balaban J connectivity index is 1.56. The number of halogens is 3. The van der Waals surface area contributed by atoms with E-state index < -0.39 is 5.82 Å². The van der Waals surface area contributed by atoms with Crippen LogP contribution in [0.2, 0.25) is 10.0 Å². The molecule has 1 aliphatic rings. The van der Waals surface area contributed by atoms with Crippen molar-refractivity contribution in [2.24, 2.45) is 0 Å². The number of hydrogen-bond donors (Lipinski definition) is 2. The third-order valence-corrected chi connectivity index (χ3v) is 5.93. The van der Waals surface area contributed by atoms with Crippen molar-refractivity contribution in [3.05, 3.63) is 69.5 Å². The highest BCUT2D eigenvalue weighted by Gasteiger charge is 2.26. The van der Waals surface area contributed by atoms with E-state index in [2.05, 4.69) is 21.0 Å². The number of aromatic nitrogens is 3. The van der Waals surface area contributed by atoms with Crippen LogP contribution in [-0.2, 0) is 6.61 Å². The Hall–Kier alpha value is -3.48. The molecule has 1 fully saturated rings. The summed E-state index contributed by atoms with van der Waals surface area (Å²) in [5, 5.41) is 18.4. The Morgan fingerprint density at radius 2 is 1.94 bits per heavy atom. The third kappa shape index (κ3) is 4.67. The molecule has 1 aliphatic heterocycles. The molecule has 0 saturated carbocycles. The standard InChI is InChI=1S/C22H18Cl2FN7O/c23-16-9-29-10-17(24)15(16)11-33-20-4-14(19(27)5-18(20)25)21(28)12-7-30-22(31-8-12)32-3-1-2-13(32)6-26/h4-5,7-10,13,28H,1-3,11,27H2. The molecule has 3 N–H and O–H groups in total. The fourth-order valence-corrected chi connectivity index (χ4v) is 3.99. The minimum atomic E-state index is -0.687. The van der Waals surface area contributed by atoms with Crippen LogP contribution in [0.15, 0.2) is 36.9 Å². The van der Waals surface area contributed by atoms with Crippen molar-refractivity contribution in [3.63, 3.8) is 0 Å². The number of nitrogens with two attached hydrogens (primary N) is 1. The fraction of sp³-hybridized carbons (Fsp3) is 0.227.